The smallest absolute Gasteiger partial charge is 0.208 e. The Morgan fingerprint density at radius 2 is 1.69 bits per heavy atom. The number of ketones is 1. The highest BCUT2D eigenvalue weighted by Gasteiger charge is 2.48. The van der Waals surface area contributed by atoms with Crippen molar-refractivity contribution in [2.24, 2.45) is 22.7 Å². The number of Topliss-reactive ketones (excluding diaryl/α,β-unsaturated/α-hetero) is 1. The summed E-state index contributed by atoms with van der Waals surface area (Å²) >= 11 is 0. The van der Waals surface area contributed by atoms with Crippen LogP contribution in [0.15, 0.2) is 90.2 Å². The molecule has 3 aromatic rings. The Labute approximate surface area is 295 Å². The Kier molecular flexibility index (Phi) is 9.31. The molecule has 49 heavy (non-hydrogen) atoms. The fraction of sp³-hybridized carbons (Fsp3) is 0.391. The molecule has 0 aliphatic heterocycles. The van der Waals surface area contributed by atoms with Gasteiger partial charge >= 0.3 is 0 Å². The lowest BCUT2D eigenvalue weighted by molar-refractivity contribution is -0.119. The van der Waals surface area contributed by atoms with Gasteiger partial charge in [0.05, 0.1) is 5.92 Å². The summed E-state index contributed by atoms with van der Waals surface area (Å²) in [4.78, 5) is 17.1. The van der Waals surface area contributed by atoms with E-state index in [1.165, 1.54) is 74.2 Å². The second kappa shape index (κ2) is 13.2. The Hall–Kier alpha value is -4.29. The quantitative estimate of drug-likeness (QED) is 0.124. The lowest BCUT2D eigenvalue weighted by Gasteiger charge is -2.32. The number of nitrogens with zero attached hydrogens (tertiary/aromatic N) is 2. The highest BCUT2D eigenvalue weighted by atomic mass is 16.1. The molecule has 0 aromatic heterocycles. The van der Waals surface area contributed by atoms with Crippen LogP contribution in [0.2, 0.25) is 0 Å². The van der Waals surface area contributed by atoms with Crippen LogP contribution >= 0.6 is 0 Å². The molecule has 0 amide bonds. The molecule has 0 heterocycles. The van der Waals surface area contributed by atoms with Crippen molar-refractivity contribution in [1.82, 2.24) is 0 Å². The number of carbonyl (C=O) groups is 1. The van der Waals surface area contributed by atoms with E-state index in [1.54, 1.807) is 0 Å². The van der Waals surface area contributed by atoms with Crippen LogP contribution in [0.3, 0.4) is 0 Å². The minimum atomic E-state index is -0.0493. The summed E-state index contributed by atoms with van der Waals surface area (Å²) in [6.45, 7) is 19.5. The van der Waals surface area contributed by atoms with E-state index < -0.39 is 0 Å². The summed E-state index contributed by atoms with van der Waals surface area (Å²) in [7, 11) is 2.18. The van der Waals surface area contributed by atoms with E-state index in [2.05, 4.69) is 163 Å². The number of carbonyl (C=O) groups excluding carboxylic acids is 1. The Balaban J connectivity index is 1.14. The molecule has 0 spiro atoms. The molecule has 3 nitrogen and oxygen atoms in total. The zero-order valence-electron chi connectivity index (χ0n) is 31.3. The molecule has 6 rings (SSSR count). The van der Waals surface area contributed by atoms with Gasteiger partial charge < -0.3 is 9.80 Å². The van der Waals surface area contributed by atoms with E-state index in [-0.39, 0.29) is 17.1 Å². The number of fused-ring (bicyclic) bond motifs is 1. The van der Waals surface area contributed by atoms with Gasteiger partial charge in [-0.15, -0.1) is 0 Å². The number of rotatable bonds is 10. The van der Waals surface area contributed by atoms with Gasteiger partial charge in [0.2, 0.25) is 5.78 Å². The monoisotopic (exact) mass is 649 g/mol. The average Bonchev–Trinajstić information content (AvgIpc) is 3.96. The van der Waals surface area contributed by atoms with Gasteiger partial charge in [-0.25, -0.2) is 0 Å². The second-order valence-corrected chi connectivity index (χ2v) is 16.1. The van der Waals surface area contributed by atoms with Crippen molar-refractivity contribution in [3.8, 4) is 11.8 Å². The van der Waals surface area contributed by atoms with E-state index in [1.807, 2.05) is 6.92 Å². The molecular weight excluding hydrogens is 597 g/mol. The summed E-state index contributed by atoms with van der Waals surface area (Å²) in [5, 5.41) is 0. The van der Waals surface area contributed by atoms with Gasteiger partial charge in [0.25, 0.3) is 0 Å². The molecule has 1 saturated carbocycles. The Morgan fingerprint density at radius 3 is 2.39 bits per heavy atom. The lowest BCUT2D eigenvalue weighted by Crippen LogP contribution is -2.24. The van der Waals surface area contributed by atoms with E-state index in [0.717, 1.165) is 19.3 Å². The third-order valence-corrected chi connectivity index (χ3v) is 11.1. The maximum atomic E-state index is 12.4. The maximum Gasteiger partial charge on any atom is 0.208 e. The fourth-order valence-electron chi connectivity index (χ4n) is 7.04. The molecule has 3 aliphatic carbocycles. The average molecular weight is 650 g/mol. The topological polar surface area (TPSA) is 23.6 Å². The van der Waals surface area contributed by atoms with Crippen molar-refractivity contribution in [3.05, 3.63) is 124 Å². The van der Waals surface area contributed by atoms with Crippen LogP contribution < -0.4 is 9.80 Å². The van der Waals surface area contributed by atoms with Crippen molar-refractivity contribution in [2.75, 3.05) is 16.8 Å². The van der Waals surface area contributed by atoms with E-state index in [9.17, 15) is 4.79 Å². The van der Waals surface area contributed by atoms with E-state index in [0.29, 0.717) is 11.3 Å². The first-order valence-electron chi connectivity index (χ1n) is 18.0. The number of hydrogen-bond donors (Lipinski definition) is 0. The molecule has 3 aromatic carbocycles. The molecule has 0 bridgehead atoms. The summed E-state index contributed by atoms with van der Waals surface area (Å²) < 4.78 is 0. The number of anilines is 4. The van der Waals surface area contributed by atoms with Crippen LogP contribution in [0.1, 0.15) is 88.1 Å². The highest BCUT2D eigenvalue weighted by molar-refractivity contribution is 5.97. The normalized spacial score (nSPS) is 20.0. The molecule has 3 unspecified atom stereocenters. The van der Waals surface area contributed by atoms with Crippen molar-refractivity contribution in [2.45, 2.75) is 88.0 Å². The largest absolute Gasteiger partial charge is 0.344 e. The minimum Gasteiger partial charge on any atom is -0.344 e. The van der Waals surface area contributed by atoms with E-state index in [4.69, 9.17) is 0 Å². The third-order valence-electron chi connectivity index (χ3n) is 11.1. The predicted molar refractivity (Wildman–Crippen MR) is 208 cm³/mol. The molecular formula is C46H53N2O. The van der Waals surface area contributed by atoms with Gasteiger partial charge in [-0.3, -0.25) is 4.79 Å². The summed E-state index contributed by atoms with van der Waals surface area (Å²) in [6, 6.07) is 20.4. The summed E-state index contributed by atoms with van der Waals surface area (Å²) in [6.07, 6.45) is 13.5. The van der Waals surface area contributed by atoms with Gasteiger partial charge in [0, 0.05) is 47.8 Å². The molecule has 3 heteroatoms. The van der Waals surface area contributed by atoms with Gasteiger partial charge in [0.15, 0.2) is 0 Å². The molecule has 0 N–H and O–H groups in total. The SMILES string of the molecule is Cc1cccc(N(C2=CC3CC3(C)C=C2)c2cc(C)c(N(C)c3ccc([C]4C=C4CCCC#CC(=O)C(C)C(C)(C)C)c(C)c3)cc2C)c1. The van der Waals surface area contributed by atoms with Crippen LogP contribution in [0, 0.1) is 68.1 Å². The molecule has 3 aliphatic rings. The first-order chi connectivity index (χ1) is 23.2. The first-order valence-corrected chi connectivity index (χ1v) is 18.0. The number of aryl methyl sites for hydroxylation is 4. The lowest BCUT2D eigenvalue weighted by atomic mass is 9.79. The number of benzene rings is 3. The Bertz CT molecular complexity index is 1940. The van der Waals surface area contributed by atoms with Crippen LogP contribution in [-0.2, 0) is 4.79 Å². The van der Waals surface area contributed by atoms with Crippen LogP contribution in [0.25, 0.3) is 0 Å². The summed E-state index contributed by atoms with van der Waals surface area (Å²) in [5.74, 6) is 8.00. The number of hydrogen-bond acceptors (Lipinski definition) is 3. The number of allylic oxidation sites excluding steroid dienone is 5. The van der Waals surface area contributed by atoms with Crippen LogP contribution in [0.4, 0.5) is 22.7 Å². The zero-order valence-corrected chi connectivity index (χ0v) is 31.3. The van der Waals surface area contributed by atoms with Crippen LogP contribution in [-0.4, -0.2) is 12.8 Å². The van der Waals surface area contributed by atoms with Crippen molar-refractivity contribution in [1.29, 1.82) is 0 Å². The van der Waals surface area contributed by atoms with Crippen molar-refractivity contribution in [3.63, 3.8) is 0 Å². The van der Waals surface area contributed by atoms with Crippen LogP contribution in [0.5, 0.6) is 0 Å². The predicted octanol–water partition coefficient (Wildman–Crippen LogP) is 11.6. The fourth-order valence-corrected chi connectivity index (χ4v) is 7.04. The third kappa shape index (κ3) is 7.35. The maximum absolute atomic E-state index is 12.4. The standard InChI is InChI=1S/C46H53N2O/c1-30-15-14-17-38(23-30)48(39-21-22-46(9)29-36(46)28-39)43-26-32(3)42(25-33(43)4)47(10)37-19-20-40(31(2)24-37)41-27-35(41)16-12-11-13-18-44(49)34(5)45(6,7)8/h14-15,17,19-28,34,36H,11-12,16,29H2,1-10H3. The van der Waals surface area contributed by atoms with Gasteiger partial charge in [-0.05, 0) is 140 Å². The first kappa shape index (κ1) is 34.6. The highest BCUT2D eigenvalue weighted by Crippen LogP contribution is 2.57. The van der Waals surface area contributed by atoms with Gasteiger partial charge in [-0.2, -0.15) is 0 Å². The number of unbranched alkanes of at least 4 members (excludes halogenated alkanes) is 1. The van der Waals surface area contributed by atoms with Crippen molar-refractivity contribution >= 4 is 28.5 Å². The minimum absolute atomic E-state index is 0.0474. The van der Waals surface area contributed by atoms with Crippen molar-refractivity contribution < 1.29 is 4.79 Å². The zero-order chi connectivity index (χ0) is 35.2. The molecule has 0 saturated heterocycles. The second-order valence-electron chi connectivity index (χ2n) is 16.1. The van der Waals surface area contributed by atoms with Gasteiger partial charge in [0.1, 0.15) is 0 Å². The molecule has 1 fully saturated rings. The Morgan fingerprint density at radius 1 is 0.959 bits per heavy atom. The summed E-state index contributed by atoms with van der Waals surface area (Å²) in [5.41, 5.74) is 14.2. The van der Waals surface area contributed by atoms with E-state index >= 15 is 0 Å². The molecule has 1 radical (unpaired) electrons. The van der Waals surface area contributed by atoms with Gasteiger partial charge in [-0.1, -0.05) is 82.5 Å². The molecule has 253 valence electrons. The molecule has 3 atom stereocenters.